The Morgan fingerprint density at radius 1 is 1.26 bits per heavy atom. The fourth-order valence-electron chi connectivity index (χ4n) is 1.80. The summed E-state index contributed by atoms with van der Waals surface area (Å²) in [7, 11) is 0. The first-order valence-corrected chi connectivity index (χ1v) is 7.09. The molecule has 5 nitrogen and oxygen atoms in total. The number of pyridine rings is 1. The van der Waals surface area contributed by atoms with E-state index in [1.165, 1.54) is 30.5 Å². The SMILES string of the molecule is O=C(NCc1ncccc1F)NC[C@@H](O)c1ccc(Cl)c(F)c1. The molecular weight excluding hydrogens is 328 g/mol. The molecule has 0 saturated heterocycles. The minimum Gasteiger partial charge on any atom is -0.387 e. The van der Waals surface area contributed by atoms with E-state index in [1.54, 1.807) is 0 Å². The minimum atomic E-state index is -1.10. The second-order valence-electron chi connectivity index (χ2n) is 4.68. The second-order valence-corrected chi connectivity index (χ2v) is 5.09. The molecule has 1 aromatic carbocycles. The molecule has 1 atom stereocenters. The number of aromatic nitrogens is 1. The lowest BCUT2D eigenvalue weighted by Crippen LogP contribution is -2.37. The predicted octanol–water partition coefficient (Wildman–Crippen LogP) is 2.55. The van der Waals surface area contributed by atoms with E-state index in [4.69, 9.17) is 11.6 Å². The van der Waals surface area contributed by atoms with Crippen LogP contribution in [-0.4, -0.2) is 22.7 Å². The van der Waals surface area contributed by atoms with Crippen molar-refractivity contribution in [1.82, 2.24) is 15.6 Å². The van der Waals surface area contributed by atoms with Gasteiger partial charge < -0.3 is 15.7 Å². The van der Waals surface area contributed by atoms with Gasteiger partial charge in [-0.25, -0.2) is 13.6 Å². The molecule has 0 spiro atoms. The molecule has 8 heteroatoms. The number of urea groups is 1. The molecule has 0 saturated carbocycles. The second kappa shape index (κ2) is 7.85. The monoisotopic (exact) mass is 341 g/mol. The van der Waals surface area contributed by atoms with Crippen LogP contribution in [0.25, 0.3) is 0 Å². The van der Waals surface area contributed by atoms with Crippen LogP contribution in [0, 0.1) is 11.6 Å². The summed E-state index contributed by atoms with van der Waals surface area (Å²) >= 11 is 5.55. The fourth-order valence-corrected chi connectivity index (χ4v) is 1.92. The van der Waals surface area contributed by atoms with E-state index in [9.17, 15) is 18.7 Å². The number of halogens is 3. The number of rotatable bonds is 5. The zero-order valence-electron chi connectivity index (χ0n) is 11.9. The van der Waals surface area contributed by atoms with Crippen LogP contribution in [0.1, 0.15) is 17.4 Å². The lowest BCUT2D eigenvalue weighted by atomic mass is 10.1. The van der Waals surface area contributed by atoms with Crippen molar-refractivity contribution in [3.63, 3.8) is 0 Å². The van der Waals surface area contributed by atoms with Crippen molar-refractivity contribution >= 4 is 17.6 Å². The summed E-state index contributed by atoms with van der Waals surface area (Å²) < 4.78 is 26.6. The maximum atomic E-state index is 13.3. The third-order valence-electron chi connectivity index (χ3n) is 3.04. The molecular formula is C15H14ClF2N3O2. The van der Waals surface area contributed by atoms with Gasteiger partial charge in [-0.1, -0.05) is 17.7 Å². The molecule has 3 N–H and O–H groups in total. The Kier molecular flexibility index (Phi) is 5.84. The van der Waals surface area contributed by atoms with Crippen LogP contribution in [0.3, 0.4) is 0 Å². The molecule has 0 aliphatic rings. The van der Waals surface area contributed by atoms with Gasteiger partial charge in [-0.2, -0.15) is 0 Å². The Morgan fingerprint density at radius 2 is 2.04 bits per heavy atom. The van der Waals surface area contributed by atoms with Crippen molar-refractivity contribution in [2.24, 2.45) is 0 Å². The highest BCUT2D eigenvalue weighted by molar-refractivity contribution is 6.30. The summed E-state index contributed by atoms with van der Waals surface area (Å²) in [4.78, 5) is 15.4. The van der Waals surface area contributed by atoms with E-state index >= 15 is 0 Å². The van der Waals surface area contributed by atoms with Crippen LogP contribution in [0.2, 0.25) is 5.02 Å². The molecule has 0 unspecified atom stereocenters. The molecule has 1 heterocycles. The standard InChI is InChI=1S/C15H14ClF2N3O2/c16-10-4-3-9(6-12(10)18)14(22)8-21-15(23)20-7-13-11(17)2-1-5-19-13/h1-6,14,22H,7-8H2,(H2,20,21,23)/t14-/m1/s1. The van der Waals surface area contributed by atoms with Gasteiger partial charge in [0.05, 0.1) is 23.4 Å². The van der Waals surface area contributed by atoms with Crippen molar-refractivity contribution in [3.05, 3.63) is 64.4 Å². The highest BCUT2D eigenvalue weighted by Gasteiger charge is 2.12. The lowest BCUT2D eigenvalue weighted by molar-refractivity contribution is 0.172. The van der Waals surface area contributed by atoms with Gasteiger partial charge in [0.1, 0.15) is 11.6 Å². The zero-order chi connectivity index (χ0) is 16.8. The highest BCUT2D eigenvalue weighted by atomic mass is 35.5. The Hall–Kier alpha value is -2.25. The summed E-state index contributed by atoms with van der Waals surface area (Å²) in [6.45, 7) is -0.234. The summed E-state index contributed by atoms with van der Waals surface area (Å²) in [5, 5.41) is 14.6. The molecule has 0 aliphatic heterocycles. The van der Waals surface area contributed by atoms with Gasteiger partial charge in [0.25, 0.3) is 0 Å². The molecule has 1 aromatic heterocycles. The zero-order valence-corrected chi connectivity index (χ0v) is 12.6. The highest BCUT2D eigenvalue weighted by Crippen LogP contribution is 2.19. The molecule has 2 aromatic rings. The van der Waals surface area contributed by atoms with Crippen LogP contribution in [0.5, 0.6) is 0 Å². The average Bonchev–Trinajstić information content (AvgIpc) is 2.54. The van der Waals surface area contributed by atoms with Gasteiger partial charge >= 0.3 is 6.03 Å². The summed E-state index contributed by atoms with van der Waals surface area (Å²) in [6, 6.07) is 5.94. The van der Waals surface area contributed by atoms with Gasteiger partial charge in [0.15, 0.2) is 0 Å². The number of carbonyl (C=O) groups is 1. The summed E-state index contributed by atoms with van der Waals surface area (Å²) in [5.74, 6) is -1.18. The Balaban J connectivity index is 1.82. The van der Waals surface area contributed by atoms with Crippen molar-refractivity contribution in [2.45, 2.75) is 12.6 Å². The van der Waals surface area contributed by atoms with Gasteiger partial charge in [0.2, 0.25) is 0 Å². The van der Waals surface area contributed by atoms with E-state index in [0.717, 1.165) is 6.07 Å². The van der Waals surface area contributed by atoms with Gasteiger partial charge in [-0.15, -0.1) is 0 Å². The lowest BCUT2D eigenvalue weighted by Gasteiger charge is -2.13. The minimum absolute atomic E-state index is 0.0518. The molecule has 23 heavy (non-hydrogen) atoms. The topological polar surface area (TPSA) is 74.2 Å². The van der Waals surface area contributed by atoms with E-state index in [0.29, 0.717) is 0 Å². The molecule has 0 bridgehead atoms. The van der Waals surface area contributed by atoms with Gasteiger partial charge in [0, 0.05) is 12.7 Å². The maximum Gasteiger partial charge on any atom is 0.315 e. The number of benzene rings is 1. The van der Waals surface area contributed by atoms with Crippen LogP contribution >= 0.6 is 11.6 Å². The molecule has 2 rings (SSSR count). The van der Waals surface area contributed by atoms with E-state index in [1.807, 2.05) is 0 Å². The fraction of sp³-hybridized carbons (Fsp3) is 0.200. The van der Waals surface area contributed by atoms with Crippen molar-refractivity contribution in [2.75, 3.05) is 6.54 Å². The molecule has 0 fully saturated rings. The number of aliphatic hydroxyl groups is 1. The number of hydrogen-bond acceptors (Lipinski definition) is 3. The summed E-state index contributed by atoms with van der Waals surface area (Å²) in [6.07, 6.45) is 0.315. The average molecular weight is 342 g/mol. The molecule has 0 aliphatic carbocycles. The number of nitrogens with zero attached hydrogens (tertiary/aromatic N) is 1. The van der Waals surface area contributed by atoms with Crippen molar-refractivity contribution < 1.29 is 18.7 Å². The van der Waals surface area contributed by atoms with Gasteiger partial charge in [-0.3, -0.25) is 4.98 Å². The van der Waals surface area contributed by atoms with Crippen LogP contribution in [0.4, 0.5) is 13.6 Å². The van der Waals surface area contributed by atoms with E-state index in [2.05, 4.69) is 15.6 Å². The Morgan fingerprint density at radius 3 is 2.74 bits per heavy atom. The Bertz CT molecular complexity index is 700. The van der Waals surface area contributed by atoms with E-state index in [-0.39, 0.29) is 29.4 Å². The van der Waals surface area contributed by atoms with Crippen LogP contribution in [-0.2, 0) is 6.54 Å². The van der Waals surface area contributed by atoms with Crippen molar-refractivity contribution in [3.8, 4) is 0 Å². The largest absolute Gasteiger partial charge is 0.387 e. The molecule has 2 amide bonds. The number of hydrogen-bond donors (Lipinski definition) is 3. The number of amides is 2. The number of carbonyl (C=O) groups excluding carboxylic acids is 1. The quantitative estimate of drug-likeness (QED) is 0.782. The first-order valence-electron chi connectivity index (χ1n) is 6.71. The normalized spacial score (nSPS) is 11.8. The third kappa shape index (κ3) is 4.87. The molecule has 0 radical (unpaired) electrons. The first-order chi connectivity index (χ1) is 11.0. The number of nitrogens with one attached hydrogen (secondary N) is 2. The van der Waals surface area contributed by atoms with Crippen molar-refractivity contribution in [1.29, 1.82) is 0 Å². The third-order valence-corrected chi connectivity index (χ3v) is 3.34. The smallest absolute Gasteiger partial charge is 0.315 e. The van der Waals surface area contributed by atoms with E-state index < -0.39 is 23.8 Å². The Labute approximate surface area is 136 Å². The summed E-state index contributed by atoms with van der Waals surface area (Å²) in [5.41, 5.74) is 0.381. The van der Waals surface area contributed by atoms with Crippen LogP contribution in [0.15, 0.2) is 36.5 Å². The van der Waals surface area contributed by atoms with Gasteiger partial charge in [-0.05, 0) is 29.8 Å². The van der Waals surface area contributed by atoms with Crippen LogP contribution < -0.4 is 10.6 Å². The predicted molar refractivity (Wildman–Crippen MR) is 80.8 cm³/mol. The maximum absolute atomic E-state index is 13.3. The first kappa shape index (κ1) is 17.1. The number of aliphatic hydroxyl groups excluding tert-OH is 1. The molecule has 122 valence electrons.